The van der Waals surface area contributed by atoms with E-state index in [-0.39, 0.29) is 25.3 Å². The number of nitrogens with one attached hydrogen (secondary N) is 1. The first-order valence-corrected chi connectivity index (χ1v) is 12.5. The second kappa shape index (κ2) is 11.1. The fourth-order valence-electron chi connectivity index (χ4n) is 3.92. The summed E-state index contributed by atoms with van der Waals surface area (Å²) in [4.78, 5) is 62.8. The van der Waals surface area contributed by atoms with Crippen LogP contribution >= 0.6 is 11.8 Å². The summed E-state index contributed by atoms with van der Waals surface area (Å²) < 4.78 is 5.31. The number of aliphatic carboxylic acids is 1. The predicted molar refractivity (Wildman–Crippen MR) is 128 cm³/mol. The number of hydrogen-bond donors (Lipinski definition) is 2. The zero-order valence-corrected chi connectivity index (χ0v) is 20.9. The van der Waals surface area contributed by atoms with Crippen LogP contribution in [-0.2, 0) is 35.1 Å². The van der Waals surface area contributed by atoms with Gasteiger partial charge in [0.15, 0.2) is 6.04 Å². The van der Waals surface area contributed by atoms with Crippen molar-refractivity contribution in [2.45, 2.75) is 63.8 Å². The first-order chi connectivity index (χ1) is 16.5. The molecule has 2 saturated heterocycles. The van der Waals surface area contributed by atoms with Gasteiger partial charge in [0.1, 0.15) is 12.0 Å². The van der Waals surface area contributed by atoms with Crippen LogP contribution in [0.5, 0.6) is 0 Å². The summed E-state index contributed by atoms with van der Waals surface area (Å²) in [5.41, 5.74) is 0.189. The van der Waals surface area contributed by atoms with Crippen molar-refractivity contribution in [1.29, 1.82) is 0 Å². The molecule has 35 heavy (non-hydrogen) atoms. The first-order valence-electron chi connectivity index (χ1n) is 11.5. The van der Waals surface area contributed by atoms with Crippen LogP contribution in [0, 0.1) is 5.41 Å². The standard InChI is InChI=1S/C24H31N3O7S/c1-24(2,3)23(33)34-14-35-18(12-15-8-5-4-6-9-15)20(29)25-16-13-19(28)26-11-7-10-17(22(31)32)27(26)21(16)30/h4-6,8-9,16-18H,7,10-14H2,1-3H3,(H,25,29)(H,31,32)/t16?,17-,18+/m0/s1. The number of carboxylic acid groups (broad SMARTS) is 1. The van der Waals surface area contributed by atoms with Crippen LogP contribution in [-0.4, -0.2) is 74.6 Å². The highest BCUT2D eigenvalue weighted by Gasteiger charge is 2.47. The van der Waals surface area contributed by atoms with Crippen LogP contribution in [0.3, 0.4) is 0 Å². The maximum atomic E-state index is 13.2. The molecule has 1 unspecified atom stereocenters. The number of ether oxygens (including phenoxy) is 1. The number of thioether (sulfide) groups is 1. The average molecular weight is 506 g/mol. The van der Waals surface area contributed by atoms with Crippen molar-refractivity contribution in [2.24, 2.45) is 5.41 Å². The Hall–Kier alpha value is -3.08. The lowest BCUT2D eigenvalue weighted by molar-refractivity contribution is -0.190. The van der Waals surface area contributed by atoms with Crippen LogP contribution in [0.4, 0.5) is 0 Å². The minimum Gasteiger partial charge on any atom is -0.480 e. The molecule has 3 atom stereocenters. The largest absolute Gasteiger partial charge is 0.480 e. The van der Waals surface area contributed by atoms with E-state index in [0.717, 1.165) is 22.3 Å². The average Bonchev–Trinajstić information content (AvgIpc) is 2.81. The van der Waals surface area contributed by atoms with Gasteiger partial charge in [-0.25, -0.2) is 9.80 Å². The number of nitrogens with zero attached hydrogens (tertiary/aromatic N) is 2. The number of esters is 1. The van der Waals surface area contributed by atoms with Crippen LogP contribution in [0.25, 0.3) is 0 Å². The second-order valence-corrected chi connectivity index (χ2v) is 10.7. The zero-order valence-electron chi connectivity index (χ0n) is 20.1. The third kappa shape index (κ3) is 6.53. The van der Waals surface area contributed by atoms with Crippen molar-refractivity contribution < 1.29 is 33.8 Å². The molecule has 2 fully saturated rings. The Morgan fingerprint density at radius 3 is 2.51 bits per heavy atom. The van der Waals surface area contributed by atoms with E-state index in [4.69, 9.17) is 4.74 Å². The Kier molecular flexibility index (Phi) is 8.42. The van der Waals surface area contributed by atoms with Crippen LogP contribution < -0.4 is 5.32 Å². The molecule has 3 amide bonds. The molecule has 190 valence electrons. The van der Waals surface area contributed by atoms with E-state index in [0.29, 0.717) is 12.8 Å². The molecule has 0 aromatic heterocycles. The Balaban J connectivity index is 1.72. The number of rotatable bonds is 8. The lowest BCUT2D eigenvalue weighted by atomic mass is 9.98. The van der Waals surface area contributed by atoms with Crippen LogP contribution in [0.2, 0.25) is 0 Å². The highest BCUT2D eigenvalue weighted by atomic mass is 32.2. The van der Waals surface area contributed by atoms with Gasteiger partial charge in [-0.05, 0) is 45.6 Å². The Bertz CT molecular complexity index is 973. The molecule has 1 aromatic rings. The molecule has 1 aromatic carbocycles. The molecule has 2 heterocycles. The number of carboxylic acids is 1. The van der Waals surface area contributed by atoms with Crippen molar-refractivity contribution in [2.75, 3.05) is 12.5 Å². The number of carbonyl (C=O) groups is 5. The molecule has 0 aliphatic carbocycles. The van der Waals surface area contributed by atoms with E-state index in [1.54, 1.807) is 20.8 Å². The highest BCUT2D eigenvalue weighted by molar-refractivity contribution is 8.00. The van der Waals surface area contributed by atoms with E-state index in [1.807, 2.05) is 30.3 Å². The van der Waals surface area contributed by atoms with Crippen molar-refractivity contribution in [3.63, 3.8) is 0 Å². The van der Waals surface area contributed by atoms with E-state index in [9.17, 15) is 29.1 Å². The van der Waals surface area contributed by atoms with Crippen molar-refractivity contribution >= 4 is 41.4 Å². The van der Waals surface area contributed by atoms with Gasteiger partial charge < -0.3 is 15.2 Å². The fourth-order valence-corrected chi connectivity index (χ4v) is 4.79. The summed E-state index contributed by atoms with van der Waals surface area (Å²) in [6.07, 6.45) is 0.783. The normalized spacial score (nSPS) is 21.2. The molecule has 3 rings (SSSR count). The fraction of sp³-hybridized carbons (Fsp3) is 0.542. The van der Waals surface area contributed by atoms with Crippen molar-refractivity contribution in [3.8, 4) is 0 Å². The first kappa shape index (κ1) is 26.5. The smallest absolute Gasteiger partial charge is 0.328 e. The van der Waals surface area contributed by atoms with E-state index >= 15 is 0 Å². The summed E-state index contributed by atoms with van der Waals surface area (Å²) in [5.74, 6) is -3.17. The molecule has 2 aliphatic rings. The van der Waals surface area contributed by atoms with Crippen LogP contribution in [0.15, 0.2) is 30.3 Å². The number of benzene rings is 1. The summed E-state index contributed by atoms with van der Waals surface area (Å²) in [7, 11) is 0. The molecule has 2 N–H and O–H groups in total. The molecule has 11 heteroatoms. The number of hydrazine groups is 1. The maximum Gasteiger partial charge on any atom is 0.328 e. The molecule has 0 bridgehead atoms. The second-order valence-electron chi connectivity index (χ2n) is 9.61. The minimum absolute atomic E-state index is 0.0560. The van der Waals surface area contributed by atoms with Gasteiger partial charge in [0.05, 0.1) is 17.1 Å². The molecular weight excluding hydrogens is 474 g/mol. The Morgan fingerprint density at radius 2 is 1.89 bits per heavy atom. The van der Waals surface area contributed by atoms with Gasteiger partial charge in [0.25, 0.3) is 5.91 Å². The maximum absolute atomic E-state index is 13.2. The SMILES string of the molecule is CC(C)(C)C(=O)OCS[C@H](Cc1ccccc1)C(=O)NC1CC(=O)N2CCC[C@@H](C(=O)O)N2C1=O. The predicted octanol–water partition coefficient (Wildman–Crippen LogP) is 1.59. The number of carbonyl (C=O) groups excluding carboxylic acids is 4. The Morgan fingerprint density at radius 1 is 1.20 bits per heavy atom. The molecule has 0 saturated carbocycles. The molecule has 0 spiro atoms. The van der Waals surface area contributed by atoms with Gasteiger partial charge in [-0.15, -0.1) is 11.8 Å². The molecule has 2 aliphatic heterocycles. The molecule has 10 nitrogen and oxygen atoms in total. The topological polar surface area (TPSA) is 133 Å². The van der Waals surface area contributed by atoms with Crippen molar-refractivity contribution in [1.82, 2.24) is 15.3 Å². The van der Waals surface area contributed by atoms with Gasteiger partial charge in [-0.2, -0.15) is 0 Å². The number of amides is 3. The number of hydrogen-bond acceptors (Lipinski definition) is 7. The lowest BCUT2D eigenvalue weighted by Crippen LogP contribution is -2.68. The number of fused-ring (bicyclic) bond motifs is 1. The Labute approximate surface area is 208 Å². The van der Waals surface area contributed by atoms with E-state index in [1.165, 1.54) is 5.01 Å². The summed E-state index contributed by atoms with van der Waals surface area (Å²) in [6, 6.07) is 6.95. The van der Waals surface area contributed by atoms with Gasteiger partial charge >= 0.3 is 11.9 Å². The third-order valence-corrected chi connectivity index (χ3v) is 6.86. The van der Waals surface area contributed by atoms with Gasteiger partial charge in [-0.1, -0.05) is 30.3 Å². The van der Waals surface area contributed by atoms with Gasteiger partial charge in [0.2, 0.25) is 11.8 Å². The summed E-state index contributed by atoms with van der Waals surface area (Å²) in [6.45, 7) is 5.46. The highest BCUT2D eigenvalue weighted by Crippen LogP contribution is 2.26. The summed E-state index contributed by atoms with van der Waals surface area (Å²) in [5, 5.41) is 13.6. The monoisotopic (exact) mass is 505 g/mol. The van der Waals surface area contributed by atoms with Gasteiger partial charge in [-0.3, -0.25) is 24.2 Å². The van der Waals surface area contributed by atoms with Gasteiger partial charge in [0, 0.05) is 6.54 Å². The molecular formula is C24H31N3O7S. The lowest BCUT2D eigenvalue weighted by Gasteiger charge is -2.47. The molecule has 0 radical (unpaired) electrons. The van der Waals surface area contributed by atoms with E-state index < -0.39 is 52.4 Å². The summed E-state index contributed by atoms with van der Waals surface area (Å²) >= 11 is 1.12. The van der Waals surface area contributed by atoms with Crippen LogP contribution in [0.1, 0.15) is 45.6 Å². The zero-order chi connectivity index (χ0) is 25.8. The minimum atomic E-state index is -1.19. The van der Waals surface area contributed by atoms with E-state index in [2.05, 4.69) is 5.32 Å². The van der Waals surface area contributed by atoms with Crippen molar-refractivity contribution in [3.05, 3.63) is 35.9 Å². The quantitative estimate of drug-likeness (QED) is 0.402. The third-order valence-electron chi connectivity index (χ3n) is 5.82.